The summed E-state index contributed by atoms with van der Waals surface area (Å²) in [6.07, 6.45) is 0. The van der Waals surface area contributed by atoms with E-state index in [-0.39, 0.29) is 0 Å². The fourth-order valence-corrected chi connectivity index (χ4v) is 4.20. The predicted molar refractivity (Wildman–Crippen MR) is 118 cm³/mol. The van der Waals surface area contributed by atoms with Gasteiger partial charge in [-0.3, -0.25) is 4.57 Å². The van der Waals surface area contributed by atoms with Crippen LogP contribution in [0, 0.1) is 6.92 Å². The van der Waals surface area contributed by atoms with Gasteiger partial charge in [0.1, 0.15) is 0 Å². The third-order valence-corrected chi connectivity index (χ3v) is 5.94. The fourth-order valence-electron chi connectivity index (χ4n) is 2.83. The first-order valence-electron chi connectivity index (χ1n) is 8.76. The first kappa shape index (κ1) is 19.1. The molecular formula is C22H17Cl2N3S. The highest BCUT2D eigenvalue weighted by Crippen LogP contribution is 2.31. The normalized spacial score (nSPS) is 11.0. The quantitative estimate of drug-likeness (QED) is 0.327. The lowest BCUT2D eigenvalue weighted by Gasteiger charge is -2.11. The Balaban J connectivity index is 1.74. The van der Waals surface area contributed by atoms with Gasteiger partial charge in [0.25, 0.3) is 0 Å². The molecule has 0 radical (unpaired) electrons. The molecule has 0 spiro atoms. The third-order valence-electron chi connectivity index (χ3n) is 4.34. The molecule has 0 atom stereocenters. The Morgan fingerprint density at radius 2 is 1.57 bits per heavy atom. The summed E-state index contributed by atoms with van der Waals surface area (Å²) < 4.78 is 2.07. The molecule has 0 aliphatic rings. The summed E-state index contributed by atoms with van der Waals surface area (Å²) in [5, 5.41) is 11.2. The molecule has 4 rings (SSSR count). The van der Waals surface area contributed by atoms with Crippen LogP contribution in [0.4, 0.5) is 0 Å². The van der Waals surface area contributed by atoms with Crippen LogP contribution < -0.4 is 0 Å². The Morgan fingerprint density at radius 1 is 0.857 bits per heavy atom. The number of halogens is 2. The molecule has 3 nitrogen and oxygen atoms in total. The third kappa shape index (κ3) is 4.09. The highest BCUT2D eigenvalue weighted by Gasteiger charge is 2.16. The van der Waals surface area contributed by atoms with E-state index in [1.165, 1.54) is 5.56 Å². The van der Waals surface area contributed by atoms with Gasteiger partial charge in [0, 0.05) is 27.0 Å². The average molecular weight is 426 g/mol. The Kier molecular flexibility index (Phi) is 5.72. The lowest BCUT2D eigenvalue weighted by molar-refractivity contribution is 0.885. The molecule has 0 amide bonds. The zero-order valence-electron chi connectivity index (χ0n) is 15.1. The van der Waals surface area contributed by atoms with Crippen LogP contribution in [0.1, 0.15) is 11.1 Å². The Hall–Kier alpha value is -2.27. The minimum Gasteiger partial charge on any atom is -0.270 e. The zero-order valence-corrected chi connectivity index (χ0v) is 17.5. The molecule has 0 bridgehead atoms. The van der Waals surface area contributed by atoms with Gasteiger partial charge in [0.2, 0.25) is 0 Å². The molecule has 6 heteroatoms. The van der Waals surface area contributed by atoms with Crippen molar-refractivity contribution in [3.63, 3.8) is 0 Å². The highest BCUT2D eigenvalue weighted by atomic mass is 35.5. The van der Waals surface area contributed by atoms with Crippen LogP contribution in [0.25, 0.3) is 17.1 Å². The summed E-state index contributed by atoms with van der Waals surface area (Å²) in [6, 6.07) is 23.8. The molecule has 140 valence electrons. The van der Waals surface area contributed by atoms with E-state index in [0.717, 1.165) is 32.8 Å². The molecule has 1 aromatic heterocycles. The van der Waals surface area contributed by atoms with Crippen LogP contribution in [-0.4, -0.2) is 14.8 Å². The van der Waals surface area contributed by atoms with Crippen molar-refractivity contribution >= 4 is 35.0 Å². The van der Waals surface area contributed by atoms with Gasteiger partial charge in [-0.05, 0) is 55.0 Å². The molecule has 3 aromatic carbocycles. The van der Waals surface area contributed by atoms with Crippen LogP contribution >= 0.6 is 35.0 Å². The smallest absolute Gasteiger partial charge is 0.196 e. The summed E-state index contributed by atoms with van der Waals surface area (Å²) in [7, 11) is 0. The predicted octanol–water partition coefficient (Wildman–Crippen LogP) is 6.84. The van der Waals surface area contributed by atoms with E-state index < -0.39 is 0 Å². The number of aromatic nitrogens is 3. The van der Waals surface area contributed by atoms with Crippen molar-refractivity contribution in [1.29, 1.82) is 0 Å². The molecule has 0 saturated carbocycles. The standard InChI is InChI=1S/C22H17Cl2N3S/c1-15-6-12-19(13-7-15)27-21(16-8-10-18(23)11-9-16)25-26-22(27)28-14-17-4-2-3-5-20(17)24/h2-13H,14H2,1H3. The van der Waals surface area contributed by atoms with Gasteiger partial charge in [-0.15, -0.1) is 10.2 Å². The number of thioether (sulfide) groups is 1. The van der Waals surface area contributed by atoms with Gasteiger partial charge in [-0.2, -0.15) is 0 Å². The SMILES string of the molecule is Cc1ccc(-n2c(SCc3ccccc3Cl)nnc2-c2ccc(Cl)cc2)cc1. The summed E-state index contributed by atoms with van der Waals surface area (Å²) in [4.78, 5) is 0. The number of nitrogens with zero attached hydrogens (tertiary/aromatic N) is 3. The molecule has 0 aliphatic carbocycles. The first-order valence-corrected chi connectivity index (χ1v) is 10.5. The summed E-state index contributed by atoms with van der Waals surface area (Å²) in [5.74, 6) is 1.49. The van der Waals surface area contributed by atoms with Gasteiger partial charge in [-0.25, -0.2) is 0 Å². The van der Waals surface area contributed by atoms with Gasteiger partial charge in [0.15, 0.2) is 11.0 Å². The van der Waals surface area contributed by atoms with Crippen LogP contribution in [0.15, 0.2) is 78.0 Å². The van der Waals surface area contributed by atoms with E-state index in [4.69, 9.17) is 23.2 Å². The van der Waals surface area contributed by atoms with Crippen molar-refractivity contribution in [1.82, 2.24) is 14.8 Å². The molecule has 4 aromatic rings. The van der Waals surface area contributed by atoms with Gasteiger partial charge in [0.05, 0.1) is 0 Å². The number of rotatable bonds is 5. The van der Waals surface area contributed by atoms with Crippen LogP contribution in [-0.2, 0) is 5.75 Å². The van der Waals surface area contributed by atoms with Crippen LogP contribution in [0.2, 0.25) is 10.0 Å². The lowest BCUT2D eigenvalue weighted by atomic mass is 10.2. The van der Waals surface area contributed by atoms with Gasteiger partial charge in [-0.1, -0.05) is 70.9 Å². The summed E-state index contributed by atoms with van der Waals surface area (Å²) in [6.45, 7) is 2.07. The van der Waals surface area contributed by atoms with Crippen molar-refractivity contribution in [2.75, 3.05) is 0 Å². The maximum absolute atomic E-state index is 6.31. The minimum atomic E-state index is 0.693. The van der Waals surface area contributed by atoms with E-state index in [0.29, 0.717) is 10.8 Å². The average Bonchev–Trinajstić information content (AvgIpc) is 3.12. The molecule has 28 heavy (non-hydrogen) atoms. The van der Waals surface area contributed by atoms with Crippen LogP contribution in [0.3, 0.4) is 0 Å². The van der Waals surface area contributed by atoms with Crippen molar-refractivity contribution in [3.8, 4) is 17.1 Å². The summed E-state index contributed by atoms with van der Waals surface area (Å²) >= 11 is 14.0. The maximum Gasteiger partial charge on any atom is 0.196 e. The topological polar surface area (TPSA) is 30.7 Å². The maximum atomic E-state index is 6.31. The minimum absolute atomic E-state index is 0.693. The molecule has 0 N–H and O–H groups in total. The number of hydrogen-bond acceptors (Lipinski definition) is 3. The highest BCUT2D eigenvalue weighted by molar-refractivity contribution is 7.98. The number of aryl methyl sites for hydroxylation is 1. The van der Waals surface area contributed by atoms with E-state index in [9.17, 15) is 0 Å². The van der Waals surface area contributed by atoms with Crippen LogP contribution in [0.5, 0.6) is 0 Å². The molecular weight excluding hydrogens is 409 g/mol. The second-order valence-electron chi connectivity index (χ2n) is 6.36. The largest absolute Gasteiger partial charge is 0.270 e. The second kappa shape index (κ2) is 8.39. The monoisotopic (exact) mass is 425 g/mol. The van der Waals surface area contributed by atoms with E-state index in [1.54, 1.807) is 11.8 Å². The molecule has 0 saturated heterocycles. The lowest BCUT2D eigenvalue weighted by Crippen LogP contribution is -2.00. The summed E-state index contributed by atoms with van der Waals surface area (Å²) in [5.41, 5.74) is 4.25. The first-order chi connectivity index (χ1) is 13.6. The number of hydrogen-bond donors (Lipinski definition) is 0. The molecule has 1 heterocycles. The Morgan fingerprint density at radius 3 is 2.29 bits per heavy atom. The van der Waals surface area contributed by atoms with Crippen molar-refractivity contribution < 1.29 is 0 Å². The van der Waals surface area contributed by atoms with Gasteiger partial charge >= 0.3 is 0 Å². The van der Waals surface area contributed by atoms with E-state index >= 15 is 0 Å². The molecule has 0 unspecified atom stereocenters. The molecule has 0 aliphatic heterocycles. The Labute approximate surface area is 178 Å². The van der Waals surface area contributed by atoms with Crippen molar-refractivity contribution in [3.05, 3.63) is 94.0 Å². The zero-order chi connectivity index (χ0) is 19.5. The second-order valence-corrected chi connectivity index (χ2v) is 8.15. The fraction of sp³-hybridized carbons (Fsp3) is 0.0909. The van der Waals surface area contributed by atoms with Crippen molar-refractivity contribution in [2.45, 2.75) is 17.8 Å². The number of benzene rings is 3. The molecule has 0 fully saturated rings. The Bertz CT molecular complexity index is 1090. The van der Waals surface area contributed by atoms with Crippen molar-refractivity contribution in [2.24, 2.45) is 0 Å². The van der Waals surface area contributed by atoms with E-state index in [2.05, 4.69) is 46.0 Å². The van der Waals surface area contributed by atoms with Gasteiger partial charge < -0.3 is 0 Å². The van der Waals surface area contributed by atoms with E-state index in [1.807, 2.05) is 48.5 Å².